The number of unbranched alkanes of at least 4 members (excludes halogenated alkanes) is 1. The molecule has 0 aliphatic rings. The molecule has 0 aromatic heterocycles. The monoisotopic (exact) mass is 320 g/mol. The molecule has 0 fully saturated rings. The van der Waals surface area contributed by atoms with Crippen LogP contribution >= 0.6 is 14.7 Å². The standard InChI is InChI=1S/C13H32O4P2.Li/c1-5-9-13-19(10-6-2,11-7-3,12-8-4)17-18(14,15)16;/h5-13H2,1-4H3,(H2,14,15,16);/q;+1/p-1. The molecule has 1 atom stereocenters. The molecule has 0 bridgehead atoms. The molecule has 0 saturated carbocycles. The first kappa shape index (κ1) is 23.4. The molecule has 0 saturated heterocycles. The summed E-state index contributed by atoms with van der Waals surface area (Å²) < 4.78 is 17.0. The van der Waals surface area contributed by atoms with Gasteiger partial charge >= 0.3 is 137 Å². The Hall–Kier alpha value is 1.14. The maximum absolute atomic E-state index is 11.4. The third-order valence-corrected chi connectivity index (χ3v) is 12.6. The quantitative estimate of drug-likeness (QED) is 0.455. The van der Waals surface area contributed by atoms with Gasteiger partial charge in [0.05, 0.1) is 0 Å². The van der Waals surface area contributed by atoms with Crippen LogP contribution in [0.5, 0.6) is 0 Å². The van der Waals surface area contributed by atoms with Crippen molar-refractivity contribution in [3.8, 4) is 0 Å². The molecule has 0 aromatic carbocycles. The Bertz CT molecular complexity index is 287. The van der Waals surface area contributed by atoms with E-state index in [4.69, 9.17) is 4.31 Å². The Morgan fingerprint density at radius 2 is 1.35 bits per heavy atom. The molecule has 118 valence electrons. The molecule has 0 aromatic rings. The first-order valence-corrected chi connectivity index (χ1v) is 11.9. The zero-order valence-electron chi connectivity index (χ0n) is 13.9. The molecule has 4 nitrogen and oxygen atoms in total. The molecule has 0 spiro atoms. The van der Waals surface area contributed by atoms with Crippen LogP contribution in [-0.4, -0.2) is 29.5 Å². The summed E-state index contributed by atoms with van der Waals surface area (Å²) >= 11 is 0. The molecular weight excluding hydrogens is 289 g/mol. The van der Waals surface area contributed by atoms with E-state index >= 15 is 0 Å². The third-order valence-electron chi connectivity index (χ3n) is 3.78. The molecule has 0 radical (unpaired) electrons. The van der Waals surface area contributed by atoms with Gasteiger partial charge in [0, 0.05) is 0 Å². The van der Waals surface area contributed by atoms with E-state index in [1.54, 1.807) is 0 Å². The Labute approximate surface area is 136 Å². The van der Waals surface area contributed by atoms with Gasteiger partial charge in [-0.3, -0.25) is 0 Å². The van der Waals surface area contributed by atoms with Crippen LogP contribution in [0.4, 0.5) is 0 Å². The third kappa shape index (κ3) is 7.42. The topological polar surface area (TPSA) is 69.6 Å². The van der Waals surface area contributed by atoms with Gasteiger partial charge in [0.2, 0.25) is 0 Å². The fourth-order valence-corrected chi connectivity index (χ4v) is 12.9. The van der Waals surface area contributed by atoms with Crippen LogP contribution < -0.4 is 23.8 Å². The van der Waals surface area contributed by atoms with Gasteiger partial charge in [-0.2, -0.15) is 0 Å². The zero-order valence-corrected chi connectivity index (χ0v) is 15.7. The van der Waals surface area contributed by atoms with Crippen molar-refractivity contribution in [3.63, 3.8) is 0 Å². The summed E-state index contributed by atoms with van der Waals surface area (Å²) in [7, 11) is -4.67. The van der Waals surface area contributed by atoms with Gasteiger partial charge in [0.15, 0.2) is 0 Å². The Balaban J connectivity index is 0. The van der Waals surface area contributed by atoms with Gasteiger partial charge in [-0.15, -0.1) is 0 Å². The fourth-order valence-electron chi connectivity index (χ4n) is 3.38. The minimum Gasteiger partial charge on any atom is 1.00 e. The summed E-state index contributed by atoms with van der Waals surface area (Å²) in [5.74, 6) is 0. The fraction of sp³-hybridized carbons (Fsp3) is 1.00. The Morgan fingerprint density at radius 3 is 1.60 bits per heavy atom. The minimum absolute atomic E-state index is 0. The molecule has 0 aliphatic heterocycles. The summed E-state index contributed by atoms with van der Waals surface area (Å²) in [6, 6.07) is 0. The predicted octanol–water partition coefficient (Wildman–Crippen LogP) is 0.966. The Morgan fingerprint density at radius 1 is 0.950 bits per heavy atom. The van der Waals surface area contributed by atoms with Crippen LogP contribution in [0.25, 0.3) is 0 Å². The smallest absolute Gasteiger partial charge is 1.00 e. The Kier molecular flexibility index (Phi) is 11.7. The van der Waals surface area contributed by atoms with E-state index in [0.717, 1.165) is 56.8 Å². The van der Waals surface area contributed by atoms with Crippen LogP contribution in [0, 0.1) is 0 Å². The first-order valence-electron chi connectivity index (χ1n) is 7.52. The van der Waals surface area contributed by atoms with Gasteiger partial charge in [0.1, 0.15) is 0 Å². The van der Waals surface area contributed by atoms with E-state index in [0.29, 0.717) is 0 Å². The van der Waals surface area contributed by atoms with Crippen molar-refractivity contribution in [1.29, 1.82) is 0 Å². The van der Waals surface area contributed by atoms with Crippen molar-refractivity contribution in [2.24, 2.45) is 0 Å². The molecule has 0 aliphatic carbocycles. The minimum atomic E-state index is -4.67. The van der Waals surface area contributed by atoms with Crippen LogP contribution in [-0.2, 0) is 8.88 Å². The number of hydrogen-bond donors (Lipinski definition) is 1. The second kappa shape index (κ2) is 10.0. The second-order valence-corrected chi connectivity index (χ2v) is 12.8. The number of hydrogen-bond acceptors (Lipinski definition) is 3. The number of rotatable bonds is 11. The van der Waals surface area contributed by atoms with E-state index in [-0.39, 0.29) is 18.9 Å². The van der Waals surface area contributed by atoms with Crippen molar-refractivity contribution in [3.05, 3.63) is 0 Å². The molecule has 0 heterocycles. The van der Waals surface area contributed by atoms with Crippen molar-refractivity contribution in [1.82, 2.24) is 0 Å². The average molecular weight is 320 g/mol. The summed E-state index contributed by atoms with van der Waals surface area (Å²) in [6.45, 7) is 5.48. The van der Waals surface area contributed by atoms with E-state index in [9.17, 15) is 14.4 Å². The van der Waals surface area contributed by atoms with Crippen molar-refractivity contribution < 1.29 is 37.5 Å². The van der Waals surface area contributed by atoms with E-state index in [2.05, 4.69) is 27.7 Å². The molecule has 7 heteroatoms. The maximum atomic E-state index is 11.4. The SMILES string of the molecule is CCCCP(CCC)(CCC)(CCC)OP(=O)([O-])O.[Li+]. The zero-order chi connectivity index (χ0) is 15.0. The van der Waals surface area contributed by atoms with E-state index < -0.39 is 14.7 Å². The van der Waals surface area contributed by atoms with Crippen LogP contribution in [0.2, 0.25) is 0 Å². The molecule has 1 unspecified atom stereocenters. The molecule has 0 rings (SSSR count). The molecular formula is C13H31LiO4P2. The van der Waals surface area contributed by atoms with Crippen LogP contribution in [0.3, 0.4) is 0 Å². The van der Waals surface area contributed by atoms with Crippen molar-refractivity contribution >= 4 is 14.7 Å². The molecule has 20 heavy (non-hydrogen) atoms. The first-order chi connectivity index (χ1) is 8.76. The van der Waals surface area contributed by atoms with E-state index in [1.165, 1.54) is 0 Å². The van der Waals surface area contributed by atoms with Crippen molar-refractivity contribution in [2.45, 2.75) is 59.8 Å². The maximum Gasteiger partial charge on any atom is 1.00 e. The summed E-state index contributed by atoms with van der Waals surface area (Å²) in [5.41, 5.74) is 0. The average Bonchev–Trinajstić information content (AvgIpc) is 2.25. The van der Waals surface area contributed by atoms with Crippen LogP contribution in [0.15, 0.2) is 0 Å². The van der Waals surface area contributed by atoms with Gasteiger partial charge in [-0.05, 0) is 0 Å². The second-order valence-electron chi connectivity index (χ2n) is 5.66. The largest absolute Gasteiger partial charge is 1.00 e. The number of phosphoric acid groups is 1. The van der Waals surface area contributed by atoms with Crippen molar-refractivity contribution in [2.75, 3.05) is 24.6 Å². The molecule has 1 N–H and O–H groups in total. The van der Waals surface area contributed by atoms with E-state index in [1.807, 2.05) is 0 Å². The summed E-state index contributed by atoms with van der Waals surface area (Å²) in [5, 5.41) is 0. The normalized spacial score (nSPS) is 16.8. The van der Waals surface area contributed by atoms with Gasteiger partial charge in [-0.1, -0.05) is 0 Å². The van der Waals surface area contributed by atoms with Crippen LogP contribution in [0.1, 0.15) is 59.8 Å². The molecule has 0 amide bonds. The summed E-state index contributed by atoms with van der Waals surface area (Å²) in [6.07, 6.45) is 7.94. The van der Waals surface area contributed by atoms with Gasteiger partial charge in [-0.25, -0.2) is 0 Å². The summed E-state index contributed by atoms with van der Waals surface area (Å²) in [4.78, 5) is 20.7. The van der Waals surface area contributed by atoms with Gasteiger partial charge < -0.3 is 0 Å². The predicted molar refractivity (Wildman–Crippen MR) is 83.1 cm³/mol. The van der Waals surface area contributed by atoms with Gasteiger partial charge in [0.25, 0.3) is 0 Å².